The summed E-state index contributed by atoms with van der Waals surface area (Å²) in [6.45, 7) is 1.18. The minimum absolute atomic E-state index is 0.0788. The molecule has 2 aromatic rings. The number of nitrogens with one attached hydrogen (secondary N) is 1. The highest BCUT2D eigenvalue weighted by atomic mass is 32.1. The summed E-state index contributed by atoms with van der Waals surface area (Å²) in [5.74, 6) is -1.37. The number of hydrogen-bond donors (Lipinski definition) is 1. The van der Waals surface area contributed by atoms with Crippen molar-refractivity contribution in [3.63, 3.8) is 0 Å². The van der Waals surface area contributed by atoms with Crippen molar-refractivity contribution in [2.24, 2.45) is 0 Å². The van der Waals surface area contributed by atoms with Crippen LogP contribution in [-0.4, -0.2) is 16.9 Å². The summed E-state index contributed by atoms with van der Waals surface area (Å²) >= 11 is 1.11. The number of halogens is 1. The van der Waals surface area contributed by atoms with Gasteiger partial charge in [-0.2, -0.15) is 0 Å². The summed E-state index contributed by atoms with van der Waals surface area (Å²) in [5.41, 5.74) is 0.369. The van der Waals surface area contributed by atoms with E-state index in [1.807, 2.05) is 0 Å². The third-order valence-corrected chi connectivity index (χ3v) is 3.07. The molecule has 0 saturated heterocycles. The standard InChI is InChI=1S/C13H11FN2O3S/c1-8(17)15-13-16-11(7-20-13)12(18)19-6-9-4-2-3-5-10(9)14/h2-5,7H,6H2,1H3,(H,15,16,17). The van der Waals surface area contributed by atoms with E-state index in [0.29, 0.717) is 5.13 Å². The van der Waals surface area contributed by atoms with Crippen molar-refractivity contribution in [1.29, 1.82) is 0 Å². The van der Waals surface area contributed by atoms with E-state index >= 15 is 0 Å². The number of amides is 1. The fourth-order valence-electron chi connectivity index (χ4n) is 1.41. The second kappa shape index (κ2) is 6.25. The number of aromatic nitrogens is 1. The van der Waals surface area contributed by atoms with Gasteiger partial charge in [-0.05, 0) is 6.07 Å². The van der Waals surface area contributed by atoms with Gasteiger partial charge in [0.15, 0.2) is 10.8 Å². The number of nitrogens with zero attached hydrogens (tertiary/aromatic N) is 1. The van der Waals surface area contributed by atoms with Crippen LogP contribution in [0.4, 0.5) is 9.52 Å². The third kappa shape index (κ3) is 3.61. The Bertz CT molecular complexity index is 642. The van der Waals surface area contributed by atoms with Gasteiger partial charge in [-0.15, -0.1) is 11.3 Å². The second-order valence-corrected chi connectivity index (χ2v) is 4.74. The lowest BCUT2D eigenvalue weighted by molar-refractivity contribution is -0.114. The van der Waals surface area contributed by atoms with E-state index < -0.39 is 11.8 Å². The number of thiazole rings is 1. The zero-order valence-electron chi connectivity index (χ0n) is 10.6. The van der Waals surface area contributed by atoms with E-state index in [2.05, 4.69) is 10.3 Å². The molecule has 20 heavy (non-hydrogen) atoms. The fourth-order valence-corrected chi connectivity index (χ4v) is 2.13. The summed E-state index contributed by atoms with van der Waals surface area (Å²) in [4.78, 5) is 26.5. The lowest BCUT2D eigenvalue weighted by Crippen LogP contribution is -2.08. The number of anilines is 1. The number of carbonyl (C=O) groups is 2. The van der Waals surface area contributed by atoms with Gasteiger partial charge in [0, 0.05) is 17.9 Å². The number of rotatable bonds is 4. The van der Waals surface area contributed by atoms with Crippen LogP contribution >= 0.6 is 11.3 Å². The van der Waals surface area contributed by atoms with Crippen molar-refractivity contribution in [3.05, 3.63) is 46.7 Å². The summed E-state index contributed by atoms with van der Waals surface area (Å²) < 4.78 is 18.3. The summed E-state index contributed by atoms with van der Waals surface area (Å²) in [7, 11) is 0. The van der Waals surface area contributed by atoms with Crippen molar-refractivity contribution in [1.82, 2.24) is 4.98 Å². The molecule has 0 atom stereocenters. The first-order valence-electron chi connectivity index (χ1n) is 5.70. The van der Waals surface area contributed by atoms with Crippen LogP contribution in [0.3, 0.4) is 0 Å². The van der Waals surface area contributed by atoms with Gasteiger partial charge in [0.25, 0.3) is 0 Å². The first-order chi connectivity index (χ1) is 9.56. The van der Waals surface area contributed by atoms with Gasteiger partial charge in [-0.1, -0.05) is 18.2 Å². The van der Waals surface area contributed by atoms with Gasteiger partial charge in [0.05, 0.1) is 0 Å². The Morgan fingerprint density at radius 1 is 1.40 bits per heavy atom. The molecule has 0 saturated carbocycles. The minimum atomic E-state index is -0.666. The molecule has 0 aliphatic rings. The first kappa shape index (κ1) is 14.1. The zero-order chi connectivity index (χ0) is 14.5. The molecule has 5 nitrogen and oxygen atoms in total. The molecule has 2 rings (SSSR count). The Labute approximate surface area is 118 Å². The van der Waals surface area contributed by atoms with Gasteiger partial charge in [0.1, 0.15) is 12.4 Å². The van der Waals surface area contributed by atoms with Crippen LogP contribution in [0.25, 0.3) is 0 Å². The van der Waals surface area contributed by atoms with Crippen LogP contribution in [0.2, 0.25) is 0 Å². The topological polar surface area (TPSA) is 68.3 Å². The molecule has 0 unspecified atom stereocenters. The smallest absolute Gasteiger partial charge is 0.358 e. The number of carbonyl (C=O) groups excluding carboxylic acids is 2. The highest BCUT2D eigenvalue weighted by molar-refractivity contribution is 7.14. The minimum Gasteiger partial charge on any atom is -0.456 e. The summed E-state index contributed by atoms with van der Waals surface area (Å²) in [6.07, 6.45) is 0. The van der Waals surface area contributed by atoms with E-state index in [1.54, 1.807) is 12.1 Å². The SMILES string of the molecule is CC(=O)Nc1nc(C(=O)OCc2ccccc2F)cs1. The number of hydrogen-bond acceptors (Lipinski definition) is 5. The Morgan fingerprint density at radius 3 is 2.85 bits per heavy atom. The monoisotopic (exact) mass is 294 g/mol. The van der Waals surface area contributed by atoms with Crippen molar-refractivity contribution < 1.29 is 18.7 Å². The molecule has 0 aliphatic carbocycles. The fraction of sp³-hybridized carbons (Fsp3) is 0.154. The highest BCUT2D eigenvalue weighted by Gasteiger charge is 2.13. The molecule has 7 heteroatoms. The van der Waals surface area contributed by atoms with Gasteiger partial charge in [-0.3, -0.25) is 4.79 Å². The van der Waals surface area contributed by atoms with Crippen LogP contribution in [-0.2, 0) is 16.1 Å². The van der Waals surface area contributed by atoms with Gasteiger partial charge < -0.3 is 10.1 Å². The Morgan fingerprint density at radius 2 is 2.15 bits per heavy atom. The van der Waals surface area contributed by atoms with E-state index in [1.165, 1.54) is 24.4 Å². The summed E-state index contributed by atoms with van der Waals surface area (Å²) in [5, 5.41) is 4.25. The predicted octanol–water partition coefficient (Wildman–Crippen LogP) is 2.60. The molecule has 104 valence electrons. The molecule has 1 N–H and O–H groups in total. The van der Waals surface area contributed by atoms with E-state index in [4.69, 9.17) is 4.74 Å². The third-order valence-electron chi connectivity index (χ3n) is 2.31. The molecule has 0 spiro atoms. The van der Waals surface area contributed by atoms with Crippen molar-refractivity contribution in [2.75, 3.05) is 5.32 Å². The Balaban J connectivity index is 1.97. The zero-order valence-corrected chi connectivity index (χ0v) is 11.4. The highest BCUT2D eigenvalue weighted by Crippen LogP contribution is 2.17. The average molecular weight is 294 g/mol. The van der Waals surface area contributed by atoms with Crippen LogP contribution in [0.1, 0.15) is 23.0 Å². The molecule has 1 amide bonds. The van der Waals surface area contributed by atoms with Crippen LogP contribution in [0.15, 0.2) is 29.6 Å². The largest absolute Gasteiger partial charge is 0.456 e. The predicted molar refractivity (Wildman–Crippen MR) is 71.9 cm³/mol. The Kier molecular flexibility index (Phi) is 4.41. The van der Waals surface area contributed by atoms with E-state index in [-0.39, 0.29) is 23.8 Å². The molecule has 0 fully saturated rings. The van der Waals surface area contributed by atoms with Crippen molar-refractivity contribution in [3.8, 4) is 0 Å². The second-order valence-electron chi connectivity index (χ2n) is 3.89. The molecule has 1 aromatic heterocycles. The van der Waals surface area contributed by atoms with Gasteiger partial charge >= 0.3 is 5.97 Å². The van der Waals surface area contributed by atoms with Crippen molar-refractivity contribution >= 4 is 28.3 Å². The normalized spacial score (nSPS) is 10.1. The Hall–Kier alpha value is -2.28. The van der Waals surface area contributed by atoms with Gasteiger partial charge in [-0.25, -0.2) is 14.2 Å². The average Bonchev–Trinajstić information content (AvgIpc) is 2.85. The summed E-state index contributed by atoms with van der Waals surface area (Å²) in [6, 6.07) is 6.04. The number of esters is 1. The lowest BCUT2D eigenvalue weighted by Gasteiger charge is -2.03. The lowest BCUT2D eigenvalue weighted by atomic mass is 10.2. The number of benzene rings is 1. The van der Waals surface area contributed by atoms with E-state index in [9.17, 15) is 14.0 Å². The molecular weight excluding hydrogens is 283 g/mol. The maximum Gasteiger partial charge on any atom is 0.358 e. The van der Waals surface area contributed by atoms with E-state index in [0.717, 1.165) is 11.3 Å². The maximum absolute atomic E-state index is 13.3. The number of ether oxygens (including phenoxy) is 1. The first-order valence-corrected chi connectivity index (χ1v) is 6.58. The van der Waals surface area contributed by atoms with Crippen LogP contribution < -0.4 is 5.32 Å². The van der Waals surface area contributed by atoms with Crippen LogP contribution in [0, 0.1) is 5.82 Å². The molecule has 1 aromatic carbocycles. The van der Waals surface area contributed by atoms with Crippen LogP contribution in [0.5, 0.6) is 0 Å². The molecule has 0 aliphatic heterocycles. The molecule has 1 heterocycles. The molecule has 0 bridgehead atoms. The quantitative estimate of drug-likeness (QED) is 0.880. The van der Waals surface area contributed by atoms with Crippen molar-refractivity contribution in [2.45, 2.75) is 13.5 Å². The van der Waals surface area contributed by atoms with Gasteiger partial charge in [0.2, 0.25) is 5.91 Å². The molecule has 0 radical (unpaired) electrons. The molecular formula is C13H11FN2O3S. The maximum atomic E-state index is 13.3.